The molecule has 1 aromatic carbocycles. The van der Waals surface area contributed by atoms with E-state index in [-0.39, 0.29) is 11.9 Å². The largest absolute Gasteiger partial charge is 0.380 e. The molecule has 1 aliphatic rings. The van der Waals surface area contributed by atoms with Crippen molar-refractivity contribution in [2.45, 2.75) is 20.1 Å². The van der Waals surface area contributed by atoms with Gasteiger partial charge in [0.05, 0.1) is 13.2 Å². The van der Waals surface area contributed by atoms with Crippen molar-refractivity contribution >= 4 is 11.9 Å². The Hall–Kier alpha value is -2.12. The van der Waals surface area contributed by atoms with Crippen LogP contribution in [0.1, 0.15) is 18.1 Å². The van der Waals surface area contributed by atoms with Crippen LogP contribution in [0.15, 0.2) is 24.3 Å². The van der Waals surface area contributed by atoms with Gasteiger partial charge >= 0.3 is 6.03 Å². The van der Waals surface area contributed by atoms with Crippen molar-refractivity contribution in [1.29, 1.82) is 0 Å². The summed E-state index contributed by atoms with van der Waals surface area (Å²) in [5.74, 6) is 0.0372. The van der Waals surface area contributed by atoms with Gasteiger partial charge in [-0.3, -0.25) is 9.69 Å². The van der Waals surface area contributed by atoms with E-state index in [0.717, 1.165) is 11.1 Å². The molecule has 1 saturated heterocycles. The number of hydrogen-bond acceptors (Lipinski definition) is 4. The van der Waals surface area contributed by atoms with Crippen molar-refractivity contribution < 1.29 is 14.3 Å². The molecule has 7 nitrogen and oxygen atoms in total. The topological polar surface area (TPSA) is 73.9 Å². The molecule has 0 saturated carbocycles. The zero-order valence-electron chi connectivity index (χ0n) is 15.1. The van der Waals surface area contributed by atoms with Crippen molar-refractivity contribution in [1.82, 2.24) is 20.4 Å². The first-order valence-corrected chi connectivity index (χ1v) is 8.71. The molecule has 1 fully saturated rings. The standard InChI is InChI=1S/C18H28N4O3/c1-3-19-17(23)13-21-8-10-22(11-9-21)18(24)20-12-15-6-4-5-7-16(15)14-25-2/h4-7H,3,8-14H2,1-2H3,(H,19,23)(H,20,24). The van der Waals surface area contributed by atoms with Crippen LogP contribution in [0.3, 0.4) is 0 Å². The average Bonchev–Trinajstić information content (AvgIpc) is 2.62. The molecule has 0 aliphatic carbocycles. The molecule has 2 N–H and O–H groups in total. The predicted molar refractivity (Wildman–Crippen MR) is 96.1 cm³/mol. The molecule has 3 amide bonds. The summed E-state index contributed by atoms with van der Waals surface area (Å²) >= 11 is 0. The Morgan fingerprint density at radius 1 is 1.08 bits per heavy atom. The normalized spacial score (nSPS) is 15.0. The molecule has 0 aromatic heterocycles. The molecule has 1 heterocycles. The quantitative estimate of drug-likeness (QED) is 0.764. The summed E-state index contributed by atoms with van der Waals surface area (Å²) in [5, 5.41) is 5.77. The van der Waals surface area contributed by atoms with E-state index in [1.807, 2.05) is 31.2 Å². The third-order valence-electron chi connectivity index (χ3n) is 4.25. The number of methoxy groups -OCH3 is 1. The zero-order valence-corrected chi connectivity index (χ0v) is 15.1. The number of benzene rings is 1. The van der Waals surface area contributed by atoms with E-state index in [0.29, 0.717) is 52.4 Å². The number of amides is 3. The highest BCUT2D eigenvalue weighted by Crippen LogP contribution is 2.10. The number of carbonyl (C=O) groups excluding carboxylic acids is 2. The third-order valence-corrected chi connectivity index (χ3v) is 4.25. The minimum atomic E-state index is -0.0649. The highest BCUT2D eigenvalue weighted by atomic mass is 16.5. The van der Waals surface area contributed by atoms with E-state index in [9.17, 15) is 9.59 Å². The summed E-state index contributed by atoms with van der Waals surface area (Å²) in [7, 11) is 1.66. The molecule has 0 atom stereocenters. The first kappa shape index (κ1) is 19.2. The Balaban J connectivity index is 1.77. The molecule has 138 valence electrons. The van der Waals surface area contributed by atoms with Gasteiger partial charge in [-0.15, -0.1) is 0 Å². The minimum absolute atomic E-state index is 0.0372. The van der Waals surface area contributed by atoms with Gasteiger partial charge in [0.1, 0.15) is 0 Å². The predicted octanol–water partition coefficient (Wildman–Crippen LogP) is 0.796. The van der Waals surface area contributed by atoms with E-state index >= 15 is 0 Å². The molecule has 0 spiro atoms. The Bertz CT molecular complexity index is 571. The number of urea groups is 1. The van der Waals surface area contributed by atoms with Gasteiger partial charge in [-0.05, 0) is 18.1 Å². The maximum absolute atomic E-state index is 12.4. The minimum Gasteiger partial charge on any atom is -0.380 e. The number of nitrogens with one attached hydrogen (secondary N) is 2. The monoisotopic (exact) mass is 348 g/mol. The lowest BCUT2D eigenvalue weighted by atomic mass is 10.1. The van der Waals surface area contributed by atoms with E-state index < -0.39 is 0 Å². The van der Waals surface area contributed by atoms with Crippen LogP contribution in [0.5, 0.6) is 0 Å². The van der Waals surface area contributed by atoms with Gasteiger partial charge in [-0.2, -0.15) is 0 Å². The van der Waals surface area contributed by atoms with Gasteiger partial charge in [0, 0.05) is 46.4 Å². The number of rotatable bonds is 7. The maximum Gasteiger partial charge on any atom is 0.317 e. The van der Waals surface area contributed by atoms with E-state index in [1.165, 1.54) is 0 Å². The van der Waals surface area contributed by atoms with E-state index in [1.54, 1.807) is 12.0 Å². The van der Waals surface area contributed by atoms with Crippen molar-refractivity contribution in [3.63, 3.8) is 0 Å². The number of likely N-dealkylation sites (N-methyl/N-ethyl adjacent to an activating group) is 1. The van der Waals surface area contributed by atoms with Gasteiger partial charge in [-0.25, -0.2) is 4.79 Å². The van der Waals surface area contributed by atoms with Gasteiger partial charge in [0.25, 0.3) is 0 Å². The lowest BCUT2D eigenvalue weighted by Gasteiger charge is -2.34. The molecule has 1 aliphatic heterocycles. The Morgan fingerprint density at radius 2 is 1.76 bits per heavy atom. The van der Waals surface area contributed by atoms with Gasteiger partial charge in [-0.1, -0.05) is 24.3 Å². The van der Waals surface area contributed by atoms with Crippen LogP contribution in [0.2, 0.25) is 0 Å². The van der Waals surface area contributed by atoms with Crippen molar-refractivity contribution in [3.05, 3.63) is 35.4 Å². The van der Waals surface area contributed by atoms with Crippen molar-refractivity contribution in [2.24, 2.45) is 0 Å². The Kier molecular flexibility index (Phi) is 7.69. The van der Waals surface area contributed by atoms with Crippen LogP contribution in [0.25, 0.3) is 0 Å². The molecule has 0 radical (unpaired) electrons. The summed E-state index contributed by atoms with van der Waals surface area (Å²) in [5.41, 5.74) is 2.14. The molecular weight excluding hydrogens is 320 g/mol. The summed E-state index contributed by atoms with van der Waals surface area (Å²) in [6.07, 6.45) is 0. The molecule has 25 heavy (non-hydrogen) atoms. The fourth-order valence-electron chi connectivity index (χ4n) is 2.87. The van der Waals surface area contributed by atoms with Crippen LogP contribution < -0.4 is 10.6 Å². The number of ether oxygens (including phenoxy) is 1. The summed E-state index contributed by atoms with van der Waals surface area (Å²) in [6.45, 7) is 6.65. The highest BCUT2D eigenvalue weighted by Gasteiger charge is 2.22. The van der Waals surface area contributed by atoms with Crippen molar-refractivity contribution in [2.75, 3.05) is 46.4 Å². The fourth-order valence-corrected chi connectivity index (χ4v) is 2.87. The smallest absolute Gasteiger partial charge is 0.317 e. The average molecular weight is 348 g/mol. The summed E-state index contributed by atoms with van der Waals surface area (Å²) in [4.78, 5) is 27.8. The third kappa shape index (κ3) is 6.03. The van der Waals surface area contributed by atoms with E-state index in [2.05, 4.69) is 15.5 Å². The molecular formula is C18H28N4O3. The lowest BCUT2D eigenvalue weighted by Crippen LogP contribution is -2.53. The number of hydrogen-bond donors (Lipinski definition) is 2. The summed E-state index contributed by atoms with van der Waals surface area (Å²) < 4.78 is 5.19. The van der Waals surface area contributed by atoms with Crippen LogP contribution in [-0.2, 0) is 22.7 Å². The zero-order chi connectivity index (χ0) is 18.1. The molecule has 2 rings (SSSR count). The van der Waals surface area contributed by atoms with Gasteiger partial charge in [0.2, 0.25) is 5.91 Å². The first-order valence-electron chi connectivity index (χ1n) is 8.71. The second-order valence-electron chi connectivity index (χ2n) is 6.08. The molecule has 0 unspecified atom stereocenters. The molecule has 0 bridgehead atoms. The maximum atomic E-state index is 12.4. The molecule has 7 heteroatoms. The number of piperazine rings is 1. The summed E-state index contributed by atoms with van der Waals surface area (Å²) in [6, 6.07) is 7.86. The van der Waals surface area contributed by atoms with Gasteiger partial charge in [0.15, 0.2) is 0 Å². The van der Waals surface area contributed by atoms with Crippen LogP contribution in [-0.4, -0.2) is 68.1 Å². The number of carbonyl (C=O) groups is 2. The lowest BCUT2D eigenvalue weighted by molar-refractivity contribution is -0.122. The van der Waals surface area contributed by atoms with Gasteiger partial charge < -0.3 is 20.3 Å². The van der Waals surface area contributed by atoms with Crippen LogP contribution >= 0.6 is 0 Å². The Labute approximate surface area is 149 Å². The van der Waals surface area contributed by atoms with Crippen molar-refractivity contribution in [3.8, 4) is 0 Å². The van der Waals surface area contributed by atoms with Crippen LogP contribution in [0.4, 0.5) is 4.79 Å². The SMILES string of the molecule is CCNC(=O)CN1CCN(C(=O)NCc2ccccc2COC)CC1. The fraction of sp³-hybridized carbons (Fsp3) is 0.556. The second-order valence-corrected chi connectivity index (χ2v) is 6.08. The van der Waals surface area contributed by atoms with E-state index in [4.69, 9.17) is 4.74 Å². The van der Waals surface area contributed by atoms with Crippen LogP contribution in [0, 0.1) is 0 Å². The number of nitrogens with zero attached hydrogens (tertiary/aromatic N) is 2. The second kappa shape index (κ2) is 10.0. The first-order chi connectivity index (χ1) is 12.1. The molecule has 1 aromatic rings. The highest BCUT2D eigenvalue weighted by molar-refractivity contribution is 5.78. The Morgan fingerprint density at radius 3 is 2.40 bits per heavy atom.